The summed E-state index contributed by atoms with van der Waals surface area (Å²) in [6.45, 7) is 4.97. The lowest BCUT2D eigenvalue weighted by molar-refractivity contribution is -0.385. The third-order valence-corrected chi connectivity index (χ3v) is 2.19. The van der Waals surface area contributed by atoms with Gasteiger partial charge >= 0.3 is 11.9 Å². The fourth-order valence-electron chi connectivity index (χ4n) is 1.23. The van der Waals surface area contributed by atoms with Crippen LogP contribution in [0.3, 0.4) is 0 Å². The zero-order chi connectivity index (χ0) is 16.2. The number of hydrogen-bond donors (Lipinski definition) is 0. The Kier molecular flexibility index (Phi) is 5.20. The maximum absolute atomic E-state index is 11.5. The molecule has 0 aliphatic carbocycles. The van der Waals surface area contributed by atoms with Crippen molar-refractivity contribution in [2.45, 2.75) is 32.8 Å². The van der Waals surface area contributed by atoms with Crippen LogP contribution in [-0.2, 0) is 14.3 Å². The first kappa shape index (κ1) is 16.8. The normalized spacial score (nSPS) is 10.9. The molecule has 0 N–H and O–H groups in total. The smallest absolute Gasteiger partial charge is 0.323 e. The molecule has 0 saturated carbocycles. The molecular formula is C12H13ClN2O6. The predicted octanol–water partition coefficient (Wildman–Crippen LogP) is 2.28. The summed E-state index contributed by atoms with van der Waals surface area (Å²) < 4.78 is 9.70. The highest BCUT2D eigenvalue weighted by Crippen LogP contribution is 2.26. The van der Waals surface area contributed by atoms with E-state index in [0.717, 1.165) is 12.3 Å². The van der Waals surface area contributed by atoms with Crippen LogP contribution in [0.15, 0.2) is 12.3 Å². The summed E-state index contributed by atoms with van der Waals surface area (Å²) in [5.74, 6) is -1.99. The van der Waals surface area contributed by atoms with Gasteiger partial charge < -0.3 is 9.47 Å². The summed E-state index contributed by atoms with van der Waals surface area (Å²) in [6, 6.07) is 0.991. The quantitative estimate of drug-likeness (QED) is 0.363. The number of carbonyl (C=O) groups is 2. The van der Waals surface area contributed by atoms with Gasteiger partial charge in [-0.3, -0.25) is 19.7 Å². The lowest BCUT2D eigenvalue weighted by Crippen LogP contribution is -2.26. The first-order chi connectivity index (χ1) is 9.58. The molecule has 8 nitrogen and oxygen atoms in total. The van der Waals surface area contributed by atoms with Crippen LogP contribution < -0.4 is 4.74 Å². The van der Waals surface area contributed by atoms with E-state index in [1.165, 1.54) is 0 Å². The minimum absolute atomic E-state index is 0.207. The van der Waals surface area contributed by atoms with E-state index in [2.05, 4.69) is 4.98 Å². The van der Waals surface area contributed by atoms with Gasteiger partial charge in [0.25, 0.3) is 5.69 Å². The maximum atomic E-state index is 11.5. The Balaban J connectivity index is 2.67. The van der Waals surface area contributed by atoms with Crippen LogP contribution in [-0.4, -0.2) is 27.4 Å². The molecular weight excluding hydrogens is 304 g/mol. The van der Waals surface area contributed by atoms with Gasteiger partial charge in [0.2, 0.25) is 5.88 Å². The monoisotopic (exact) mass is 316 g/mol. The van der Waals surface area contributed by atoms with Crippen molar-refractivity contribution in [2.75, 3.05) is 0 Å². The molecule has 21 heavy (non-hydrogen) atoms. The van der Waals surface area contributed by atoms with Gasteiger partial charge in [0.1, 0.15) is 23.2 Å². The molecule has 0 spiro atoms. The fourth-order valence-corrected chi connectivity index (χ4v) is 1.43. The number of esters is 2. The first-order valence-corrected chi connectivity index (χ1v) is 6.19. The molecule has 0 aliphatic heterocycles. The zero-order valence-electron chi connectivity index (χ0n) is 11.6. The van der Waals surface area contributed by atoms with Gasteiger partial charge in [-0.2, -0.15) is 0 Å². The number of carbonyl (C=O) groups excluding carboxylic acids is 2. The molecule has 0 unspecified atom stereocenters. The van der Waals surface area contributed by atoms with Crippen LogP contribution in [0.5, 0.6) is 5.88 Å². The van der Waals surface area contributed by atoms with Gasteiger partial charge in [0.05, 0.1) is 4.92 Å². The summed E-state index contributed by atoms with van der Waals surface area (Å²) in [7, 11) is 0. The number of pyridine rings is 1. The molecule has 1 rings (SSSR count). The molecule has 0 bridgehead atoms. The highest BCUT2D eigenvalue weighted by Gasteiger charge is 2.21. The lowest BCUT2D eigenvalue weighted by Gasteiger charge is -2.18. The minimum Gasteiger partial charge on any atom is -0.460 e. The van der Waals surface area contributed by atoms with Crippen molar-refractivity contribution in [3.63, 3.8) is 0 Å². The summed E-state index contributed by atoms with van der Waals surface area (Å²) in [5.41, 5.74) is -1.06. The Morgan fingerprint density at radius 3 is 2.48 bits per heavy atom. The van der Waals surface area contributed by atoms with Crippen LogP contribution >= 0.6 is 11.6 Å². The third-order valence-electron chi connectivity index (χ3n) is 1.92. The molecule has 0 aromatic carbocycles. The Labute approximate surface area is 125 Å². The van der Waals surface area contributed by atoms with E-state index >= 15 is 0 Å². The van der Waals surface area contributed by atoms with E-state index in [9.17, 15) is 19.7 Å². The maximum Gasteiger partial charge on any atom is 0.323 e. The van der Waals surface area contributed by atoms with Crippen LogP contribution in [0.25, 0.3) is 0 Å². The van der Waals surface area contributed by atoms with Crippen molar-refractivity contribution in [2.24, 2.45) is 0 Å². The molecule has 0 amide bonds. The lowest BCUT2D eigenvalue weighted by atomic mass is 10.2. The van der Waals surface area contributed by atoms with Crippen molar-refractivity contribution < 1.29 is 24.0 Å². The predicted molar refractivity (Wildman–Crippen MR) is 72.0 cm³/mol. The van der Waals surface area contributed by atoms with E-state index in [4.69, 9.17) is 21.1 Å². The first-order valence-electron chi connectivity index (χ1n) is 5.81. The largest absolute Gasteiger partial charge is 0.460 e. The second-order valence-corrected chi connectivity index (χ2v) is 5.38. The van der Waals surface area contributed by atoms with Crippen molar-refractivity contribution in [1.29, 1.82) is 0 Å². The third kappa shape index (κ3) is 5.74. The van der Waals surface area contributed by atoms with Crippen LogP contribution in [0.1, 0.15) is 27.2 Å². The van der Waals surface area contributed by atoms with Crippen LogP contribution in [0, 0.1) is 10.1 Å². The van der Waals surface area contributed by atoms with Crippen molar-refractivity contribution >= 4 is 29.2 Å². The molecule has 0 aliphatic rings. The second-order valence-electron chi connectivity index (χ2n) is 4.97. The number of hydrogen-bond acceptors (Lipinski definition) is 7. The van der Waals surface area contributed by atoms with E-state index in [-0.39, 0.29) is 16.6 Å². The molecule has 1 aromatic heterocycles. The summed E-state index contributed by atoms with van der Waals surface area (Å²) in [4.78, 5) is 36.3. The van der Waals surface area contributed by atoms with E-state index in [0.29, 0.717) is 0 Å². The number of aromatic nitrogens is 1. The number of ether oxygens (including phenoxy) is 2. The minimum atomic E-state index is -0.924. The van der Waals surface area contributed by atoms with Crippen LogP contribution in [0.2, 0.25) is 5.02 Å². The zero-order valence-corrected chi connectivity index (χ0v) is 12.3. The van der Waals surface area contributed by atoms with Gasteiger partial charge in [-0.05, 0) is 20.8 Å². The second kappa shape index (κ2) is 6.49. The van der Waals surface area contributed by atoms with Crippen molar-refractivity contribution in [3.8, 4) is 5.88 Å². The summed E-state index contributed by atoms with van der Waals surface area (Å²) in [5, 5.41) is 10.3. The summed E-state index contributed by atoms with van der Waals surface area (Å²) in [6.07, 6.45) is 0.272. The number of nitrogens with zero attached hydrogens (tertiary/aromatic N) is 2. The molecule has 1 heterocycles. The number of rotatable bonds is 4. The highest BCUT2D eigenvalue weighted by molar-refractivity contribution is 6.32. The fraction of sp³-hybridized carbons (Fsp3) is 0.417. The molecule has 0 fully saturated rings. The average molecular weight is 317 g/mol. The van der Waals surface area contributed by atoms with Gasteiger partial charge in [-0.25, -0.2) is 4.98 Å². The number of nitro groups is 1. The van der Waals surface area contributed by atoms with E-state index < -0.39 is 28.9 Å². The molecule has 114 valence electrons. The SMILES string of the molecule is CC(C)(C)OC(=O)CC(=O)Oc1ncc([N+](=O)[O-])cc1Cl. The average Bonchev–Trinajstić information content (AvgIpc) is 2.28. The Bertz CT molecular complexity index is 582. The standard InChI is InChI=1S/C12H13ClN2O6/c1-12(2,3)21-10(17)5-9(16)20-11-8(13)4-7(6-14-11)15(18)19/h4,6H,5H2,1-3H3. The topological polar surface area (TPSA) is 109 Å². The van der Waals surface area contributed by atoms with E-state index in [1.807, 2.05) is 0 Å². The molecule has 0 saturated heterocycles. The molecule has 0 radical (unpaired) electrons. The van der Waals surface area contributed by atoms with Gasteiger partial charge in [-0.1, -0.05) is 11.6 Å². The molecule has 9 heteroatoms. The van der Waals surface area contributed by atoms with Gasteiger partial charge in [0, 0.05) is 6.07 Å². The summed E-state index contributed by atoms with van der Waals surface area (Å²) >= 11 is 5.70. The molecule has 0 atom stereocenters. The Morgan fingerprint density at radius 1 is 1.38 bits per heavy atom. The number of halogens is 1. The van der Waals surface area contributed by atoms with E-state index in [1.54, 1.807) is 20.8 Å². The van der Waals surface area contributed by atoms with Gasteiger partial charge in [-0.15, -0.1) is 0 Å². The van der Waals surface area contributed by atoms with Crippen molar-refractivity contribution in [1.82, 2.24) is 4.98 Å². The van der Waals surface area contributed by atoms with Crippen LogP contribution in [0.4, 0.5) is 5.69 Å². The highest BCUT2D eigenvalue weighted by atomic mass is 35.5. The Morgan fingerprint density at radius 2 is 2.00 bits per heavy atom. The van der Waals surface area contributed by atoms with Gasteiger partial charge in [0.15, 0.2) is 0 Å². The molecule has 1 aromatic rings. The van der Waals surface area contributed by atoms with Crippen molar-refractivity contribution in [3.05, 3.63) is 27.4 Å². The Hall–Kier alpha value is -2.22.